The van der Waals surface area contributed by atoms with E-state index < -0.39 is 15.9 Å². The van der Waals surface area contributed by atoms with Gasteiger partial charge in [0.2, 0.25) is 10.0 Å². The Morgan fingerprint density at radius 1 is 1.16 bits per heavy atom. The van der Waals surface area contributed by atoms with Crippen LogP contribution in [0.1, 0.15) is 36.4 Å². The number of carbonyl (C=O) groups excluding carboxylic acids is 1. The second-order valence-corrected chi connectivity index (χ2v) is 10.2. The van der Waals surface area contributed by atoms with Crippen LogP contribution in [-0.4, -0.2) is 70.0 Å². The molecule has 1 saturated heterocycles. The molecule has 0 bridgehead atoms. The molecule has 0 radical (unpaired) electrons. The molecule has 1 aliphatic heterocycles. The summed E-state index contributed by atoms with van der Waals surface area (Å²) in [6, 6.07) is 6.62. The molecule has 8 nitrogen and oxygen atoms in total. The average molecular weight is 482 g/mol. The second-order valence-electron chi connectivity index (χ2n) is 7.42. The first-order chi connectivity index (χ1) is 15.4. The Balaban J connectivity index is 1.74. The van der Waals surface area contributed by atoms with Gasteiger partial charge in [0.15, 0.2) is 11.5 Å². The summed E-state index contributed by atoms with van der Waals surface area (Å²) in [6.45, 7) is 8.33. The number of anilines is 1. The molecule has 0 unspecified atom stereocenters. The third kappa shape index (κ3) is 5.61. The van der Waals surface area contributed by atoms with Gasteiger partial charge in [0.25, 0.3) is 5.91 Å². The van der Waals surface area contributed by atoms with E-state index in [4.69, 9.17) is 9.47 Å². The number of hydrogen-bond acceptors (Lipinski definition) is 7. The molecule has 0 spiro atoms. The fourth-order valence-corrected chi connectivity index (χ4v) is 6.43. The topological polar surface area (TPSA) is 88.2 Å². The van der Waals surface area contributed by atoms with Crippen molar-refractivity contribution in [3.8, 4) is 11.5 Å². The van der Waals surface area contributed by atoms with Gasteiger partial charge in [-0.25, -0.2) is 8.42 Å². The average Bonchev–Trinajstić information content (AvgIpc) is 3.50. The summed E-state index contributed by atoms with van der Waals surface area (Å²) < 4.78 is 38.6. The van der Waals surface area contributed by atoms with Crippen molar-refractivity contribution >= 4 is 33.0 Å². The van der Waals surface area contributed by atoms with E-state index in [-0.39, 0.29) is 9.77 Å². The number of amides is 1. The number of thiophene rings is 1. The SMILES string of the molecule is CCN(CC)CCOc1cc(NC(=O)c2sccc2S(=O)(=O)N2CCCC2)ccc1OC. The molecule has 1 amide bonds. The summed E-state index contributed by atoms with van der Waals surface area (Å²) in [5.74, 6) is 0.626. The van der Waals surface area contributed by atoms with Crippen molar-refractivity contribution in [1.29, 1.82) is 0 Å². The van der Waals surface area contributed by atoms with Crippen molar-refractivity contribution in [2.75, 3.05) is 51.8 Å². The van der Waals surface area contributed by atoms with E-state index in [2.05, 4.69) is 24.1 Å². The van der Waals surface area contributed by atoms with Gasteiger partial charge in [-0.2, -0.15) is 4.31 Å². The minimum absolute atomic E-state index is 0.0612. The van der Waals surface area contributed by atoms with Crippen LogP contribution >= 0.6 is 11.3 Å². The zero-order chi connectivity index (χ0) is 23.1. The smallest absolute Gasteiger partial charge is 0.267 e. The van der Waals surface area contributed by atoms with Crippen LogP contribution in [-0.2, 0) is 10.0 Å². The molecule has 2 aromatic rings. The van der Waals surface area contributed by atoms with Gasteiger partial charge in [0.1, 0.15) is 16.4 Å². The van der Waals surface area contributed by atoms with E-state index in [0.29, 0.717) is 36.9 Å². The quantitative estimate of drug-likeness (QED) is 0.528. The van der Waals surface area contributed by atoms with Crippen molar-refractivity contribution in [1.82, 2.24) is 9.21 Å². The Kier molecular flexibility index (Phi) is 8.52. The minimum Gasteiger partial charge on any atom is -0.493 e. The maximum Gasteiger partial charge on any atom is 0.267 e. The van der Waals surface area contributed by atoms with Crippen molar-refractivity contribution < 1.29 is 22.7 Å². The maximum atomic E-state index is 12.9. The molecule has 0 aliphatic carbocycles. The van der Waals surface area contributed by atoms with Crippen LogP contribution in [0.5, 0.6) is 11.5 Å². The van der Waals surface area contributed by atoms with Gasteiger partial charge in [0.05, 0.1) is 7.11 Å². The molecule has 0 saturated carbocycles. The van der Waals surface area contributed by atoms with Crippen molar-refractivity contribution in [2.45, 2.75) is 31.6 Å². The highest BCUT2D eigenvalue weighted by Crippen LogP contribution is 2.32. The molecule has 2 heterocycles. The van der Waals surface area contributed by atoms with Gasteiger partial charge in [-0.15, -0.1) is 11.3 Å². The molecule has 1 fully saturated rings. The van der Waals surface area contributed by atoms with E-state index in [1.165, 1.54) is 10.4 Å². The third-order valence-electron chi connectivity index (χ3n) is 5.50. The number of nitrogens with one attached hydrogen (secondary N) is 1. The maximum absolute atomic E-state index is 12.9. The van der Waals surface area contributed by atoms with Crippen LogP contribution in [0.3, 0.4) is 0 Å². The predicted molar refractivity (Wildman–Crippen MR) is 127 cm³/mol. The normalized spacial score (nSPS) is 14.6. The van der Waals surface area contributed by atoms with Crippen LogP contribution in [0, 0.1) is 0 Å². The lowest BCUT2D eigenvalue weighted by Crippen LogP contribution is -2.29. The standard InChI is InChI=1S/C22H31N3O5S2/c1-4-24(5-2)13-14-30-19-16-17(8-9-18(19)29-3)23-22(26)21-20(10-15-31-21)32(27,28)25-11-6-7-12-25/h8-10,15-16H,4-7,11-14H2,1-3H3,(H,23,26). The third-order valence-corrected chi connectivity index (χ3v) is 8.48. The Morgan fingerprint density at radius 2 is 1.88 bits per heavy atom. The molecule has 10 heteroatoms. The van der Waals surface area contributed by atoms with Crippen LogP contribution in [0.4, 0.5) is 5.69 Å². The Bertz CT molecular complexity index is 1010. The zero-order valence-corrected chi connectivity index (χ0v) is 20.4. The predicted octanol–water partition coefficient (Wildman–Crippen LogP) is 3.51. The first kappa shape index (κ1) is 24.5. The molecule has 3 rings (SSSR count). The number of methoxy groups -OCH3 is 1. The highest BCUT2D eigenvalue weighted by molar-refractivity contribution is 7.89. The molecule has 1 aromatic carbocycles. The number of rotatable bonds is 11. The number of benzene rings is 1. The summed E-state index contributed by atoms with van der Waals surface area (Å²) in [5.41, 5.74) is 0.506. The second kappa shape index (κ2) is 11.1. The molecule has 1 N–H and O–H groups in total. The highest BCUT2D eigenvalue weighted by atomic mass is 32.2. The summed E-state index contributed by atoms with van der Waals surface area (Å²) in [6.07, 6.45) is 1.68. The minimum atomic E-state index is -3.67. The molecular formula is C22H31N3O5S2. The van der Waals surface area contributed by atoms with Crippen molar-refractivity contribution in [3.05, 3.63) is 34.5 Å². The van der Waals surface area contributed by atoms with Gasteiger partial charge in [0, 0.05) is 31.4 Å². The number of likely N-dealkylation sites (N-methyl/N-ethyl adjacent to an activating group) is 1. The zero-order valence-electron chi connectivity index (χ0n) is 18.8. The van der Waals surface area contributed by atoms with Gasteiger partial charge in [-0.3, -0.25) is 4.79 Å². The summed E-state index contributed by atoms with van der Waals surface area (Å²) in [7, 11) is -2.11. The summed E-state index contributed by atoms with van der Waals surface area (Å²) in [5, 5.41) is 4.44. The van der Waals surface area contributed by atoms with Crippen LogP contribution < -0.4 is 14.8 Å². The monoisotopic (exact) mass is 481 g/mol. The number of carbonyl (C=O) groups is 1. The van der Waals surface area contributed by atoms with E-state index in [9.17, 15) is 13.2 Å². The van der Waals surface area contributed by atoms with Gasteiger partial charge >= 0.3 is 0 Å². The Morgan fingerprint density at radius 3 is 2.53 bits per heavy atom. The number of sulfonamides is 1. The highest BCUT2D eigenvalue weighted by Gasteiger charge is 2.31. The first-order valence-electron chi connectivity index (χ1n) is 10.8. The van der Waals surface area contributed by atoms with Crippen molar-refractivity contribution in [3.63, 3.8) is 0 Å². The lowest BCUT2D eigenvalue weighted by atomic mass is 10.2. The Hall–Kier alpha value is -2.14. The van der Waals surface area contributed by atoms with Crippen LogP contribution in [0.15, 0.2) is 34.5 Å². The lowest BCUT2D eigenvalue weighted by molar-refractivity contribution is 0.102. The van der Waals surface area contributed by atoms with E-state index in [1.807, 2.05) is 0 Å². The lowest BCUT2D eigenvalue weighted by Gasteiger charge is -2.19. The Labute approximate surface area is 194 Å². The fourth-order valence-electron chi connectivity index (χ4n) is 3.61. The van der Waals surface area contributed by atoms with E-state index >= 15 is 0 Å². The number of hydrogen-bond donors (Lipinski definition) is 1. The summed E-state index contributed by atoms with van der Waals surface area (Å²) in [4.78, 5) is 15.4. The van der Waals surface area contributed by atoms with E-state index in [0.717, 1.165) is 43.8 Å². The molecule has 0 atom stereocenters. The molecule has 32 heavy (non-hydrogen) atoms. The van der Waals surface area contributed by atoms with Gasteiger partial charge in [-0.1, -0.05) is 13.8 Å². The van der Waals surface area contributed by atoms with Gasteiger partial charge in [-0.05, 0) is 49.5 Å². The molecular weight excluding hydrogens is 450 g/mol. The molecule has 1 aromatic heterocycles. The van der Waals surface area contributed by atoms with Crippen molar-refractivity contribution in [2.24, 2.45) is 0 Å². The van der Waals surface area contributed by atoms with E-state index in [1.54, 1.807) is 30.7 Å². The number of ether oxygens (including phenoxy) is 2. The largest absolute Gasteiger partial charge is 0.493 e. The first-order valence-corrected chi connectivity index (χ1v) is 13.1. The van der Waals surface area contributed by atoms with Gasteiger partial charge < -0.3 is 19.7 Å². The molecule has 176 valence electrons. The van der Waals surface area contributed by atoms with Crippen LogP contribution in [0.25, 0.3) is 0 Å². The fraction of sp³-hybridized carbons (Fsp3) is 0.500. The van der Waals surface area contributed by atoms with Crippen LogP contribution in [0.2, 0.25) is 0 Å². The number of nitrogens with zero attached hydrogens (tertiary/aromatic N) is 2. The molecule has 1 aliphatic rings. The summed E-state index contributed by atoms with van der Waals surface area (Å²) >= 11 is 1.12.